The van der Waals surface area contributed by atoms with Gasteiger partial charge in [-0.15, -0.1) is 0 Å². The van der Waals surface area contributed by atoms with E-state index in [2.05, 4.69) is 6.07 Å². The fourth-order valence-corrected chi connectivity index (χ4v) is 5.52. The minimum atomic E-state index is -0.876. The molecular formula is C19H20N2O5. The molecule has 1 amide bonds. The Balaban J connectivity index is 1.61. The van der Waals surface area contributed by atoms with Crippen molar-refractivity contribution in [2.24, 2.45) is 11.8 Å². The second kappa shape index (κ2) is 4.97. The van der Waals surface area contributed by atoms with Crippen molar-refractivity contribution in [2.45, 2.75) is 43.3 Å². The van der Waals surface area contributed by atoms with Crippen LogP contribution in [0.4, 0.5) is 5.69 Å². The number of carbonyl (C=O) groups is 1. The number of aliphatic hydroxyl groups is 1. The van der Waals surface area contributed by atoms with E-state index in [9.17, 15) is 15.2 Å². The van der Waals surface area contributed by atoms with E-state index in [-0.39, 0.29) is 11.8 Å². The fraction of sp³-hybridized carbons (Fsp3) is 0.579. The van der Waals surface area contributed by atoms with Gasteiger partial charge in [0, 0.05) is 24.8 Å². The smallest absolute Gasteiger partial charge is 0.235 e. The summed E-state index contributed by atoms with van der Waals surface area (Å²) in [6, 6.07) is 7.17. The summed E-state index contributed by atoms with van der Waals surface area (Å²) < 4.78 is 17.6. The average Bonchev–Trinajstić information content (AvgIpc) is 3.18. The third-order valence-electron chi connectivity index (χ3n) is 6.67. The summed E-state index contributed by atoms with van der Waals surface area (Å²) in [7, 11) is 1.50. The molecule has 5 rings (SSSR count). The van der Waals surface area contributed by atoms with Gasteiger partial charge in [-0.2, -0.15) is 5.26 Å². The standard InChI is InChI=1S/C19H20N2O5/c1-18-13(22)8-19(26-18)5-6-25-17-15(19)14(18)16(23)21(17)11-4-3-10(9-20)12(7-11)24-2/h3-4,7,13-15,17,22H,5-6,8H2,1-2H3/t13-,14-,15+,17+,18-,19+/m1/s1. The zero-order chi connectivity index (χ0) is 18.3. The highest BCUT2D eigenvalue weighted by atomic mass is 16.6. The van der Waals surface area contributed by atoms with Crippen molar-refractivity contribution in [1.82, 2.24) is 0 Å². The highest BCUT2D eigenvalue weighted by Crippen LogP contribution is 2.65. The Labute approximate surface area is 151 Å². The molecule has 0 aliphatic carbocycles. The zero-order valence-corrected chi connectivity index (χ0v) is 14.6. The van der Waals surface area contributed by atoms with Crippen molar-refractivity contribution in [3.63, 3.8) is 0 Å². The number of fused-ring (bicyclic) bond motifs is 2. The Morgan fingerprint density at radius 1 is 1.46 bits per heavy atom. The number of hydrogen-bond acceptors (Lipinski definition) is 6. The van der Waals surface area contributed by atoms with E-state index in [0.29, 0.717) is 36.4 Å². The van der Waals surface area contributed by atoms with Crippen LogP contribution < -0.4 is 9.64 Å². The SMILES string of the molecule is COc1cc(N2C(=O)[C@H]3[C@H]4[C@@H]2OCC[C@]42C[C@@H](O)[C@@]3(C)O2)ccc1C#N. The second-order valence-electron chi connectivity index (χ2n) is 7.79. The molecule has 0 unspecified atom stereocenters. The fourth-order valence-electron chi connectivity index (χ4n) is 5.52. The Hall–Kier alpha value is -2.14. The Kier molecular flexibility index (Phi) is 3.07. The largest absolute Gasteiger partial charge is 0.495 e. The molecule has 26 heavy (non-hydrogen) atoms. The molecule has 4 fully saturated rings. The predicted octanol–water partition coefficient (Wildman–Crippen LogP) is 1.18. The van der Waals surface area contributed by atoms with Crippen LogP contribution in [0.25, 0.3) is 0 Å². The number of amides is 1. The highest BCUT2D eigenvalue weighted by molar-refractivity contribution is 6.00. The van der Waals surface area contributed by atoms with Gasteiger partial charge < -0.3 is 19.3 Å². The van der Waals surface area contributed by atoms with Crippen molar-refractivity contribution < 1.29 is 24.1 Å². The number of benzene rings is 1. The van der Waals surface area contributed by atoms with E-state index >= 15 is 0 Å². The first-order valence-electron chi connectivity index (χ1n) is 8.86. The molecule has 4 saturated heterocycles. The number of nitriles is 1. The highest BCUT2D eigenvalue weighted by Gasteiger charge is 2.77. The minimum absolute atomic E-state index is 0.0983. The lowest BCUT2D eigenvalue weighted by molar-refractivity contribution is -0.142. The van der Waals surface area contributed by atoms with Gasteiger partial charge in [0.25, 0.3) is 0 Å². The van der Waals surface area contributed by atoms with Crippen LogP contribution in [0.15, 0.2) is 18.2 Å². The molecule has 4 aliphatic rings. The number of methoxy groups -OCH3 is 1. The molecule has 4 heterocycles. The lowest BCUT2D eigenvalue weighted by Gasteiger charge is -2.42. The maximum atomic E-state index is 13.4. The van der Waals surface area contributed by atoms with Gasteiger partial charge in [-0.1, -0.05) is 0 Å². The molecule has 1 aromatic carbocycles. The van der Waals surface area contributed by atoms with Gasteiger partial charge in [0.05, 0.1) is 42.6 Å². The van der Waals surface area contributed by atoms with Crippen LogP contribution in [-0.2, 0) is 14.3 Å². The number of aliphatic hydroxyl groups excluding tert-OH is 1. The van der Waals surface area contributed by atoms with Crippen LogP contribution in [0.5, 0.6) is 5.75 Å². The van der Waals surface area contributed by atoms with Crippen LogP contribution in [0, 0.1) is 23.2 Å². The van der Waals surface area contributed by atoms with Crippen LogP contribution in [0.3, 0.4) is 0 Å². The van der Waals surface area contributed by atoms with Gasteiger partial charge in [0.1, 0.15) is 23.6 Å². The molecule has 1 aromatic rings. The zero-order valence-electron chi connectivity index (χ0n) is 14.6. The molecule has 0 aromatic heterocycles. The van der Waals surface area contributed by atoms with Gasteiger partial charge in [0.2, 0.25) is 5.91 Å². The first-order valence-corrected chi connectivity index (χ1v) is 8.86. The normalized spacial score (nSPS) is 42.7. The van der Waals surface area contributed by atoms with E-state index < -0.39 is 29.5 Å². The maximum Gasteiger partial charge on any atom is 0.235 e. The molecule has 136 valence electrons. The third-order valence-corrected chi connectivity index (χ3v) is 6.67. The Morgan fingerprint density at radius 2 is 2.27 bits per heavy atom. The van der Waals surface area contributed by atoms with E-state index in [1.165, 1.54) is 7.11 Å². The molecule has 6 atom stereocenters. The predicted molar refractivity (Wildman–Crippen MR) is 89.4 cm³/mol. The molecule has 2 bridgehead atoms. The second-order valence-corrected chi connectivity index (χ2v) is 7.79. The van der Waals surface area contributed by atoms with E-state index in [1.54, 1.807) is 23.1 Å². The number of ether oxygens (including phenoxy) is 3. The monoisotopic (exact) mass is 356 g/mol. The number of carbonyl (C=O) groups excluding carboxylic acids is 1. The maximum absolute atomic E-state index is 13.4. The van der Waals surface area contributed by atoms with Gasteiger partial charge in [-0.05, 0) is 19.1 Å². The topological polar surface area (TPSA) is 92.0 Å². The third kappa shape index (κ3) is 1.70. The average molecular weight is 356 g/mol. The molecule has 1 spiro atoms. The summed E-state index contributed by atoms with van der Waals surface area (Å²) in [6.45, 7) is 2.32. The molecule has 1 N–H and O–H groups in total. The Bertz CT molecular complexity index is 851. The summed E-state index contributed by atoms with van der Waals surface area (Å²) in [5.41, 5.74) is -0.322. The number of anilines is 1. The quantitative estimate of drug-likeness (QED) is 0.856. The lowest BCUT2D eigenvalue weighted by atomic mass is 9.65. The minimum Gasteiger partial charge on any atom is -0.495 e. The summed E-state index contributed by atoms with van der Waals surface area (Å²) in [5.74, 6) is -0.209. The van der Waals surface area contributed by atoms with Crippen molar-refractivity contribution in [2.75, 3.05) is 18.6 Å². The first-order chi connectivity index (χ1) is 12.4. The number of nitrogens with zero attached hydrogens (tertiary/aromatic N) is 2. The molecule has 7 nitrogen and oxygen atoms in total. The molecule has 0 saturated carbocycles. The van der Waals surface area contributed by atoms with Gasteiger partial charge >= 0.3 is 0 Å². The van der Waals surface area contributed by atoms with E-state index in [1.807, 2.05) is 6.92 Å². The Morgan fingerprint density at radius 3 is 3.00 bits per heavy atom. The molecular weight excluding hydrogens is 336 g/mol. The van der Waals surface area contributed by atoms with Crippen LogP contribution in [0.2, 0.25) is 0 Å². The summed E-state index contributed by atoms with van der Waals surface area (Å²) >= 11 is 0. The van der Waals surface area contributed by atoms with E-state index in [0.717, 1.165) is 0 Å². The molecule has 0 radical (unpaired) electrons. The van der Waals surface area contributed by atoms with Crippen molar-refractivity contribution >= 4 is 11.6 Å². The summed E-state index contributed by atoms with van der Waals surface area (Å²) in [5, 5.41) is 19.8. The van der Waals surface area contributed by atoms with Crippen molar-refractivity contribution in [3.8, 4) is 11.8 Å². The van der Waals surface area contributed by atoms with Gasteiger partial charge in [0.15, 0.2) is 0 Å². The van der Waals surface area contributed by atoms with Crippen LogP contribution in [0.1, 0.15) is 25.3 Å². The summed E-state index contributed by atoms with van der Waals surface area (Å²) in [6.07, 6.45) is 0.160. The molecule has 4 aliphatic heterocycles. The number of rotatable bonds is 2. The molecule has 7 heteroatoms. The van der Waals surface area contributed by atoms with Crippen molar-refractivity contribution in [1.29, 1.82) is 5.26 Å². The van der Waals surface area contributed by atoms with Crippen LogP contribution in [-0.4, -0.2) is 48.3 Å². The van der Waals surface area contributed by atoms with Gasteiger partial charge in [-0.25, -0.2) is 0 Å². The van der Waals surface area contributed by atoms with E-state index in [4.69, 9.17) is 14.2 Å². The van der Waals surface area contributed by atoms with Crippen LogP contribution >= 0.6 is 0 Å². The first kappa shape index (κ1) is 16.1. The number of hydrogen-bond donors (Lipinski definition) is 1. The van der Waals surface area contributed by atoms with Crippen molar-refractivity contribution in [3.05, 3.63) is 23.8 Å². The lowest BCUT2D eigenvalue weighted by Crippen LogP contribution is -2.53. The van der Waals surface area contributed by atoms with Gasteiger partial charge in [-0.3, -0.25) is 9.69 Å². The summed E-state index contributed by atoms with van der Waals surface area (Å²) in [4.78, 5) is 15.0.